The lowest BCUT2D eigenvalue weighted by atomic mass is 9.91. The molecule has 0 radical (unpaired) electrons. The number of aromatic nitrogens is 1. The van der Waals surface area contributed by atoms with Gasteiger partial charge in [0, 0.05) is 22.3 Å². The van der Waals surface area contributed by atoms with E-state index in [9.17, 15) is 0 Å². The Morgan fingerprint density at radius 3 is 2.24 bits per heavy atom. The van der Waals surface area contributed by atoms with Crippen LogP contribution < -0.4 is 0 Å². The zero-order valence-electron chi connectivity index (χ0n) is 13.4. The predicted molar refractivity (Wildman–Crippen MR) is 108 cm³/mol. The number of para-hydroxylation sites is 1. The minimum atomic E-state index is -0.0748. The maximum absolute atomic E-state index is 6.70. The molecule has 0 spiro atoms. The van der Waals surface area contributed by atoms with Gasteiger partial charge in [-0.2, -0.15) is 0 Å². The van der Waals surface area contributed by atoms with E-state index in [0.29, 0.717) is 10.2 Å². The van der Waals surface area contributed by atoms with Gasteiger partial charge in [-0.05, 0) is 17.0 Å². The summed E-state index contributed by atoms with van der Waals surface area (Å²) in [5.41, 5.74) is 2.58. The van der Waals surface area contributed by atoms with Crippen molar-refractivity contribution in [3.8, 4) is 0 Å². The standard InChI is InChI=1S/C21H14Cl3N/c1-12(14-11-10-13-6-2-3-7-15(13)19(14)22)18-20(23)16-8-4-5-9-17(16)25-21(18)24/h2-12H,1H3. The SMILES string of the molecule is CC(c1ccc2ccccc2c1Cl)c1c(Cl)nc2ccccc2c1Cl. The van der Waals surface area contributed by atoms with Crippen molar-refractivity contribution in [1.29, 1.82) is 0 Å². The summed E-state index contributed by atoms with van der Waals surface area (Å²) in [6.45, 7) is 2.06. The lowest BCUT2D eigenvalue weighted by molar-refractivity contribution is 0.919. The van der Waals surface area contributed by atoms with Crippen molar-refractivity contribution in [1.82, 2.24) is 4.98 Å². The summed E-state index contributed by atoms with van der Waals surface area (Å²) < 4.78 is 0. The summed E-state index contributed by atoms with van der Waals surface area (Å²) in [4.78, 5) is 4.51. The molecule has 0 fully saturated rings. The van der Waals surface area contributed by atoms with E-state index in [0.717, 1.165) is 37.8 Å². The molecule has 4 heteroatoms. The van der Waals surface area contributed by atoms with Crippen molar-refractivity contribution in [3.63, 3.8) is 0 Å². The first kappa shape index (κ1) is 16.7. The predicted octanol–water partition coefficient (Wildman–Crippen LogP) is 7.50. The molecule has 0 saturated carbocycles. The fourth-order valence-corrected chi connectivity index (χ4v) is 4.48. The minimum absolute atomic E-state index is 0.0748. The van der Waals surface area contributed by atoms with Crippen molar-refractivity contribution in [3.05, 3.63) is 87.0 Å². The second-order valence-electron chi connectivity index (χ2n) is 6.06. The summed E-state index contributed by atoms with van der Waals surface area (Å²) in [6.07, 6.45) is 0. The number of nitrogens with zero attached hydrogens (tertiary/aromatic N) is 1. The molecule has 0 amide bonds. The Kier molecular flexibility index (Phi) is 4.33. The van der Waals surface area contributed by atoms with Crippen LogP contribution in [-0.4, -0.2) is 4.98 Å². The average Bonchev–Trinajstić information content (AvgIpc) is 2.62. The molecule has 4 aromatic rings. The van der Waals surface area contributed by atoms with Gasteiger partial charge in [0.25, 0.3) is 0 Å². The fourth-order valence-electron chi connectivity index (χ4n) is 3.27. The second kappa shape index (κ2) is 6.49. The molecule has 0 saturated heterocycles. The fraction of sp³-hybridized carbons (Fsp3) is 0.0952. The minimum Gasteiger partial charge on any atom is -0.236 e. The molecule has 3 aromatic carbocycles. The molecular formula is C21H14Cl3N. The van der Waals surface area contributed by atoms with Crippen LogP contribution in [0.5, 0.6) is 0 Å². The van der Waals surface area contributed by atoms with Gasteiger partial charge in [-0.1, -0.05) is 96.3 Å². The van der Waals surface area contributed by atoms with E-state index in [4.69, 9.17) is 34.8 Å². The van der Waals surface area contributed by atoms with Crippen LogP contribution in [0.2, 0.25) is 15.2 Å². The maximum Gasteiger partial charge on any atom is 0.135 e. The zero-order valence-corrected chi connectivity index (χ0v) is 15.7. The van der Waals surface area contributed by atoms with Crippen LogP contribution in [0.3, 0.4) is 0 Å². The summed E-state index contributed by atoms with van der Waals surface area (Å²) >= 11 is 19.9. The highest BCUT2D eigenvalue weighted by atomic mass is 35.5. The van der Waals surface area contributed by atoms with Gasteiger partial charge in [-0.25, -0.2) is 4.98 Å². The van der Waals surface area contributed by atoms with Gasteiger partial charge in [0.2, 0.25) is 0 Å². The largest absolute Gasteiger partial charge is 0.236 e. The number of rotatable bonds is 2. The molecule has 1 unspecified atom stereocenters. The Morgan fingerprint density at radius 1 is 0.760 bits per heavy atom. The number of benzene rings is 3. The molecule has 0 aliphatic heterocycles. The van der Waals surface area contributed by atoms with Crippen LogP contribution in [0.1, 0.15) is 24.0 Å². The van der Waals surface area contributed by atoms with Gasteiger partial charge in [-0.3, -0.25) is 0 Å². The molecule has 1 aromatic heterocycles. The Hall–Kier alpha value is -1.80. The van der Waals surface area contributed by atoms with Gasteiger partial charge < -0.3 is 0 Å². The van der Waals surface area contributed by atoms with Crippen molar-refractivity contribution in [2.24, 2.45) is 0 Å². The number of fused-ring (bicyclic) bond motifs is 2. The van der Waals surface area contributed by atoms with Crippen molar-refractivity contribution >= 4 is 56.5 Å². The molecule has 124 valence electrons. The number of halogens is 3. The lowest BCUT2D eigenvalue weighted by Crippen LogP contribution is -2.02. The van der Waals surface area contributed by atoms with Gasteiger partial charge >= 0.3 is 0 Å². The van der Waals surface area contributed by atoms with E-state index in [1.54, 1.807) is 0 Å². The van der Waals surface area contributed by atoms with Crippen molar-refractivity contribution in [2.75, 3.05) is 0 Å². The van der Waals surface area contributed by atoms with E-state index in [2.05, 4.69) is 18.0 Å². The molecule has 1 nitrogen and oxygen atoms in total. The third-order valence-corrected chi connectivity index (χ3v) is 5.73. The van der Waals surface area contributed by atoms with Crippen LogP contribution in [-0.2, 0) is 0 Å². The Labute approximate surface area is 161 Å². The molecule has 0 aliphatic carbocycles. The molecule has 0 aliphatic rings. The lowest BCUT2D eigenvalue weighted by Gasteiger charge is -2.19. The summed E-state index contributed by atoms with van der Waals surface area (Å²) in [5, 5.41) is 4.80. The first-order valence-corrected chi connectivity index (χ1v) is 9.12. The number of pyridine rings is 1. The summed E-state index contributed by atoms with van der Waals surface area (Å²) in [6, 6.07) is 19.9. The molecule has 4 rings (SSSR count). The van der Waals surface area contributed by atoms with Gasteiger partial charge in [-0.15, -0.1) is 0 Å². The van der Waals surface area contributed by atoms with E-state index in [1.165, 1.54) is 0 Å². The Balaban J connectivity index is 1.94. The molecule has 25 heavy (non-hydrogen) atoms. The normalized spacial score (nSPS) is 12.6. The summed E-state index contributed by atoms with van der Waals surface area (Å²) in [5.74, 6) is -0.0748. The smallest absolute Gasteiger partial charge is 0.135 e. The highest BCUT2D eigenvalue weighted by Gasteiger charge is 2.22. The first-order valence-electron chi connectivity index (χ1n) is 7.98. The van der Waals surface area contributed by atoms with Gasteiger partial charge in [0.05, 0.1) is 15.6 Å². The van der Waals surface area contributed by atoms with Crippen LogP contribution in [0.4, 0.5) is 0 Å². The first-order chi connectivity index (χ1) is 12.1. The van der Waals surface area contributed by atoms with Crippen LogP contribution in [0, 0.1) is 0 Å². The van der Waals surface area contributed by atoms with Gasteiger partial charge in [0.15, 0.2) is 0 Å². The Morgan fingerprint density at radius 2 is 1.44 bits per heavy atom. The molecule has 0 bridgehead atoms. The van der Waals surface area contributed by atoms with E-state index in [1.807, 2.05) is 54.6 Å². The van der Waals surface area contributed by atoms with E-state index in [-0.39, 0.29) is 5.92 Å². The third-order valence-electron chi connectivity index (χ3n) is 4.61. The monoisotopic (exact) mass is 385 g/mol. The zero-order chi connectivity index (χ0) is 17.6. The molecule has 1 atom stereocenters. The average molecular weight is 387 g/mol. The topological polar surface area (TPSA) is 12.9 Å². The van der Waals surface area contributed by atoms with Crippen molar-refractivity contribution < 1.29 is 0 Å². The molecule has 0 N–H and O–H groups in total. The molecule has 1 heterocycles. The van der Waals surface area contributed by atoms with Crippen LogP contribution in [0.25, 0.3) is 21.7 Å². The number of hydrogen-bond acceptors (Lipinski definition) is 1. The van der Waals surface area contributed by atoms with Gasteiger partial charge in [0.1, 0.15) is 5.15 Å². The number of hydrogen-bond donors (Lipinski definition) is 0. The van der Waals surface area contributed by atoms with Crippen LogP contribution >= 0.6 is 34.8 Å². The maximum atomic E-state index is 6.70. The molecular weight excluding hydrogens is 373 g/mol. The van der Waals surface area contributed by atoms with E-state index < -0.39 is 0 Å². The quantitative estimate of drug-likeness (QED) is 0.325. The highest BCUT2D eigenvalue weighted by molar-refractivity contribution is 6.39. The second-order valence-corrected chi connectivity index (χ2v) is 7.17. The third kappa shape index (κ3) is 2.77. The van der Waals surface area contributed by atoms with Crippen LogP contribution in [0.15, 0.2) is 60.7 Å². The van der Waals surface area contributed by atoms with Crippen molar-refractivity contribution in [2.45, 2.75) is 12.8 Å². The Bertz CT molecular complexity index is 1100. The van der Waals surface area contributed by atoms with E-state index >= 15 is 0 Å². The summed E-state index contributed by atoms with van der Waals surface area (Å²) in [7, 11) is 0. The highest BCUT2D eigenvalue weighted by Crippen LogP contribution is 2.41.